The summed E-state index contributed by atoms with van der Waals surface area (Å²) in [5.41, 5.74) is 1.64. The average Bonchev–Trinajstić information content (AvgIpc) is 3.17. The Bertz CT molecular complexity index is 1100. The van der Waals surface area contributed by atoms with Crippen LogP contribution in [0.25, 0.3) is 22.4 Å². The largest absolute Gasteiger partial charge is 0.291 e. The Labute approximate surface area is 145 Å². The molecule has 4 aromatic rings. The molecule has 3 heterocycles. The van der Waals surface area contributed by atoms with Crippen LogP contribution in [0.1, 0.15) is 5.56 Å². The summed E-state index contributed by atoms with van der Waals surface area (Å²) in [7, 11) is 0. The maximum absolute atomic E-state index is 12.5. The van der Waals surface area contributed by atoms with Gasteiger partial charge in [-0.05, 0) is 42.2 Å². The topological polar surface area (TPSA) is 60.1 Å². The molecule has 0 atom stereocenters. The van der Waals surface area contributed by atoms with Gasteiger partial charge in [0.05, 0.1) is 4.53 Å². The molecular weight excluding hydrogens is 340 g/mol. The average molecular weight is 352 g/mol. The van der Waals surface area contributed by atoms with Gasteiger partial charge in [0.1, 0.15) is 0 Å². The normalized spacial score (nSPS) is 12.1. The molecule has 0 N–H and O–H groups in total. The van der Waals surface area contributed by atoms with Gasteiger partial charge < -0.3 is 0 Å². The second-order valence-corrected chi connectivity index (χ2v) is 6.95. The van der Waals surface area contributed by atoms with Crippen LogP contribution in [-0.4, -0.2) is 25.8 Å². The summed E-state index contributed by atoms with van der Waals surface area (Å²) in [5.74, 6) is 0.516. The minimum atomic E-state index is -0.147. The number of nitrogens with zero attached hydrogens (tertiary/aromatic N) is 4. The Hall–Kier alpha value is -2.51. The maximum atomic E-state index is 12.5. The van der Waals surface area contributed by atoms with E-state index in [1.165, 1.54) is 20.7 Å². The number of fused-ring (bicyclic) bond motifs is 1. The summed E-state index contributed by atoms with van der Waals surface area (Å²) in [6.45, 7) is 0. The first-order chi connectivity index (χ1) is 11.7. The molecule has 1 aromatic carbocycles. The van der Waals surface area contributed by atoms with Crippen LogP contribution in [0.2, 0.25) is 0 Å². The fraction of sp³-hybridized carbons (Fsp3) is 0.0588. The van der Waals surface area contributed by atoms with Crippen LogP contribution in [-0.2, 0) is 0 Å². The zero-order chi connectivity index (χ0) is 16.5. The van der Waals surface area contributed by atoms with Crippen LogP contribution < -0.4 is 10.1 Å². The molecule has 0 aliphatic rings. The zero-order valence-corrected chi connectivity index (χ0v) is 14.3. The highest BCUT2D eigenvalue weighted by Gasteiger charge is 2.11. The number of hydrogen-bond donors (Lipinski definition) is 0. The first kappa shape index (κ1) is 15.0. The van der Waals surface area contributed by atoms with E-state index in [-0.39, 0.29) is 5.56 Å². The molecule has 118 valence electrons. The van der Waals surface area contributed by atoms with E-state index in [4.69, 9.17) is 0 Å². The van der Waals surface area contributed by atoms with Crippen molar-refractivity contribution in [3.8, 4) is 11.4 Å². The molecule has 0 spiro atoms. The Kier molecular flexibility index (Phi) is 3.87. The lowest BCUT2D eigenvalue weighted by atomic mass is 10.2. The molecule has 0 radical (unpaired) electrons. The SMILES string of the molecule is CSc1ccc(C=c2sc3nc(-c4cccnc4)nn3c2=O)cc1. The van der Waals surface area contributed by atoms with Crippen LogP contribution >= 0.6 is 23.1 Å². The van der Waals surface area contributed by atoms with Gasteiger partial charge in [-0.25, -0.2) is 0 Å². The molecule has 0 fully saturated rings. The predicted molar refractivity (Wildman–Crippen MR) is 97.4 cm³/mol. The Morgan fingerprint density at radius 2 is 2.04 bits per heavy atom. The minimum absolute atomic E-state index is 0.147. The van der Waals surface area contributed by atoms with Gasteiger partial charge in [0, 0.05) is 22.9 Å². The van der Waals surface area contributed by atoms with Crippen molar-refractivity contribution in [2.24, 2.45) is 0 Å². The lowest BCUT2D eigenvalue weighted by molar-refractivity contribution is 0.936. The summed E-state index contributed by atoms with van der Waals surface area (Å²) < 4.78 is 1.98. The molecule has 5 nitrogen and oxygen atoms in total. The first-order valence-corrected chi connectivity index (χ1v) is 9.24. The van der Waals surface area contributed by atoms with Crippen molar-refractivity contribution < 1.29 is 0 Å². The molecule has 0 amide bonds. The van der Waals surface area contributed by atoms with E-state index in [1.54, 1.807) is 24.2 Å². The van der Waals surface area contributed by atoms with Crippen LogP contribution in [0.5, 0.6) is 0 Å². The van der Waals surface area contributed by atoms with Crippen molar-refractivity contribution in [2.45, 2.75) is 4.90 Å². The van der Waals surface area contributed by atoms with Gasteiger partial charge in [0.15, 0.2) is 5.82 Å². The number of thiazole rings is 1. The zero-order valence-electron chi connectivity index (χ0n) is 12.7. The summed E-state index contributed by atoms with van der Waals surface area (Å²) >= 11 is 3.03. The number of rotatable bonds is 3. The van der Waals surface area contributed by atoms with Crippen molar-refractivity contribution >= 4 is 34.1 Å². The third kappa shape index (κ3) is 2.72. The first-order valence-electron chi connectivity index (χ1n) is 7.20. The number of thioether (sulfide) groups is 1. The monoisotopic (exact) mass is 352 g/mol. The predicted octanol–water partition coefficient (Wildman–Crippen LogP) is 2.48. The standard InChI is InChI=1S/C17H12N4OS2/c1-23-13-6-4-11(5-7-13)9-14-16(22)21-17(24-14)19-15(20-21)12-3-2-8-18-10-12/h2-10H,1H3. The lowest BCUT2D eigenvalue weighted by Crippen LogP contribution is -2.23. The molecule has 0 aliphatic carbocycles. The van der Waals surface area contributed by atoms with E-state index in [0.29, 0.717) is 15.3 Å². The molecule has 0 bridgehead atoms. The summed E-state index contributed by atoms with van der Waals surface area (Å²) in [5, 5.41) is 4.31. The molecule has 4 rings (SSSR count). The van der Waals surface area contributed by atoms with E-state index in [0.717, 1.165) is 11.1 Å². The van der Waals surface area contributed by atoms with Crippen LogP contribution in [0.3, 0.4) is 0 Å². The van der Waals surface area contributed by atoms with Crippen LogP contribution in [0, 0.1) is 0 Å². The van der Waals surface area contributed by atoms with Crippen LogP contribution in [0.15, 0.2) is 58.5 Å². The van der Waals surface area contributed by atoms with E-state index in [1.807, 2.05) is 48.7 Å². The van der Waals surface area contributed by atoms with E-state index in [9.17, 15) is 4.79 Å². The van der Waals surface area contributed by atoms with E-state index in [2.05, 4.69) is 15.1 Å². The number of hydrogen-bond acceptors (Lipinski definition) is 6. The highest BCUT2D eigenvalue weighted by Crippen LogP contribution is 2.16. The van der Waals surface area contributed by atoms with Crippen molar-refractivity contribution in [3.05, 3.63) is 69.2 Å². The van der Waals surface area contributed by atoms with Gasteiger partial charge in [0.2, 0.25) is 4.96 Å². The van der Waals surface area contributed by atoms with Crippen molar-refractivity contribution in [1.29, 1.82) is 0 Å². The molecule has 0 aliphatic heterocycles. The highest BCUT2D eigenvalue weighted by molar-refractivity contribution is 7.98. The van der Waals surface area contributed by atoms with Gasteiger partial charge in [-0.1, -0.05) is 23.5 Å². The Balaban J connectivity index is 1.78. The maximum Gasteiger partial charge on any atom is 0.291 e. The number of pyridine rings is 1. The molecular formula is C17H12N4OS2. The number of aromatic nitrogens is 4. The molecule has 24 heavy (non-hydrogen) atoms. The van der Waals surface area contributed by atoms with Gasteiger partial charge in [-0.3, -0.25) is 9.78 Å². The lowest BCUT2D eigenvalue weighted by Gasteiger charge is -1.95. The Morgan fingerprint density at radius 1 is 1.21 bits per heavy atom. The van der Waals surface area contributed by atoms with Gasteiger partial charge in [-0.15, -0.1) is 16.9 Å². The van der Waals surface area contributed by atoms with E-state index < -0.39 is 0 Å². The van der Waals surface area contributed by atoms with Crippen molar-refractivity contribution in [2.75, 3.05) is 6.26 Å². The fourth-order valence-electron chi connectivity index (χ4n) is 2.30. The van der Waals surface area contributed by atoms with Crippen LogP contribution in [0.4, 0.5) is 0 Å². The van der Waals surface area contributed by atoms with E-state index >= 15 is 0 Å². The summed E-state index contributed by atoms with van der Waals surface area (Å²) in [6.07, 6.45) is 7.28. The number of benzene rings is 1. The Morgan fingerprint density at radius 3 is 2.71 bits per heavy atom. The third-order valence-electron chi connectivity index (χ3n) is 3.52. The smallest absolute Gasteiger partial charge is 0.266 e. The molecule has 3 aromatic heterocycles. The van der Waals surface area contributed by atoms with Crippen molar-refractivity contribution in [3.63, 3.8) is 0 Å². The quantitative estimate of drug-likeness (QED) is 0.530. The molecule has 0 saturated carbocycles. The second kappa shape index (κ2) is 6.18. The summed E-state index contributed by atoms with van der Waals surface area (Å²) in [6, 6.07) is 11.8. The molecule has 7 heteroatoms. The molecule has 0 unspecified atom stereocenters. The second-order valence-electron chi connectivity index (χ2n) is 5.06. The minimum Gasteiger partial charge on any atom is -0.266 e. The highest BCUT2D eigenvalue weighted by atomic mass is 32.2. The summed E-state index contributed by atoms with van der Waals surface area (Å²) in [4.78, 5) is 22.8. The van der Waals surface area contributed by atoms with Gasteiger partial charge in [0.25, 0.3) is 5.56 Å². The molecule has 0 saturated heterocycles. The fourth-order valence-corrected chi connectivity index (χ4v) is 3.62. The van der Waals surface area contributed by atoms with Crippen molar-refractivity contribution in [1.82, 2.24) is 19.6 Å². The third-order valence-corrected chi connectivity index (χ3v) is 5.22. The van der Waals surface area contributed by atoms with Gasteiger partial charge >= 0.3 is 0 Å². The van der Waals surface area contributed by atoms with Gasteiger partial charge in [-0.2, -0.15) is 9.50 Å².